The normalized spacial score (nSPS) is 11.6. The molecule has 1 atom stereocenters. The van der Waals surface area contributed by atoms with Gasteiger partial charge in [-0.3, -0.25) is 0 Å². The lowest BCUT2D eigenvalue weighted by Gasteiger charge is -2.11. The monoisotopic (exact) mass is 252 g/mol. The topological polar surface area (TPSA) is 29.5 Å². The van der Waals surface area contributed by atoms with Gasteiger partial charge in [-0.1, -0.05) is 30.3 Å². The molecular weight excluding hydrogens is 236 g/mol. The summed E-state index contributed by atoms with van der Waals surface area (Å²) in [5.74, 6) is 4.02. The fourth-order valence-electron chi connectivity index (χ4n) is 1.80. The van der Waals surface area contributed by atoms with Gasteiger partial charge in [0.05, 0.1) is 6.10 Å². The van der Waals surface area contributed by atoms with E-state index >= 15 is 0 Å². The van der Waals surface area contributed by atoms with Gasteiger partial charge < -0.3 is 9.84 Å². The molecule has 0 bridgehead atoms. The predicted molar refractivity (Wildman–Crippen MR) is 76.0 cm³/mol. The molecule has 1 unspecified atom stereocenters. The second-order valence-electron chi connectivity index (χ2n) is 4.25. The van der Waals surface area contributed by atoms with Crippen LogP contribution in [-0.4, -0.2) is 5.11 Å². The molecule has 0 amide bonds. The van der Waals surface area contributed by atoms with Crippen LogP contribution in [0.1, 0.15) is 24.5 Å². The number of rotatable bonds is 5. The molecule has 0 aromatic heterocycles. The van der Waals surface area contributed by atoms with Crippen molar-refractivity contribution >= 4 is 0 Å². The first-order chi connectivity index (χ1) is 9.29. The summed E-state index contributed by atoms with van der Waals surface area (Å²) in [5, 5.41) is 9.99. The molecule has 0 aliphatic rings. The summed E-state index contributed by atoms with van der Waals surface area (Å²) >= 11 is 0. The second-order valence-corrected chi connectivity index (χ2v) is 4.25. The molecular formula is C17H16O2. The summed E-state index contributed by atoms with van der Waals surface area (Å²) in [6, 6.07) is 17.0. The third-order valence-electron chi connectivity index (χ3n) is 2.78. The predicted octanol–water partition coefficient (Wildman–Crippen LogP) is 3.93. The zero-order valence-corrected chi connectivity index (χ0v) is 10.6. The summed E-state index contributed by atoms with van der Waals surface area (Å²) in [5.41, 5.74) is 0.823. The molecule has 2 nitrogen and oxygen atoms in total. The zero-order valence-electron chi connectivity index (χ0n) is 10.6. The Morgan fingerprint density at radius 2 is 1.79 bits per heavy atom. The van der Waals surface area contributed by atoms with Gasteiger partial charge in [-0.2, -0.15) is 0 Å². The number of hydrogen-bond donors (Lipinski definition) is 1. The van der Waals surface area contributed by atoms with E-state index in [0.717, 1.165) is 11.3 Å². The lowest BCUT2D eigenvalue weighted by Crippen LogP contribution is -1.97. The second kappa shape index (κ2) is 6.63. The average molecular weight is 252 g/mol. The summed E-state index contributed by atoms with van der Waals surface area (Å²) < 4.78 is 5.72. The van der Waals surface area contributed by atoms with Gasteiger partial charge in [-0.15, -0.1) is 12.3 Å². The van der Waals surface area contributed by atoms with Crippen LogP contribution in [0.4, 0.5) is 0 Å². The number of benzene rings is 2. The minimum Gasteiger partial charge on any atom is -0.457 e. The van der Waals surface area contributed by atoms with E-state index in [9.17, 15) is 5.11 Å². The van der Waals surface area contributed by atoms with Gasteiger partial charge in [0.1, 0.15) is 11.5 Å². The van der Waals surface area contributed by atoms with E-state index < -0.39 is 6.10 Å². The van der Waals surface area contributed by atoms with Crippen LogP contribution in [0.5, 0.6) is 11.5 Å². The smallest absolute Gasteiger partial charge is 0.127 e. The van der Waals surface area contributed by atoms with Crippen molar-refractivity contribution in [3.05, 3.63) is 60.2 Å². The summed E-state index contributed by atoms with van der Waals surface area (Å²) in [7, 11) is 0. The highest BCUT2D eigenvalue weighted by atomic mass is 16.5. The third kappa shape index (κ3) is 3.87. The van der Waals surface area contributed by atoms with Crippen molar-refractivity contribution in [3.8, 4) is 23.8 Å². The van der Waals surface area contributed by atoms with Gasteiger partial charge in [0, 0.05) is 6.42 Å². The Balaban J connectivity index is 2.09. The van der Waals surface area contributed by atoms with Gasteiger partial charge in [0.15, 0.2) is 0 Å². The van der Waals surface area contributed by atoms with Crippen molar-refractivity contribution < 1.29 is 9.84 Å². The van der Waals surface area contributed by atoms with Crippen molar-refractivity contribution in [2.75, 3.05) is 0 Å². The number of terminal acetylenes is 1. The molecule has 1 N–H and O–H groups in total. The van der Waals surface area contributed by atoms with Crippen molar-refractivity contribution in [2.45, 2.75) is 18.9 Å². The number of aliphatic hydroxyl groups excluding tert-OH is 1. The standard InChI is InChI=1S/C17H16O2/c1-2-3-12-17(18)14-8-7-11-16(13-14)19-15-9-5-4-6-10-15/h1,4-11,13,17-18H,3,12H2. The summed E-state index contributed by atoms with van der Waals surface area (Å²) in [6.07, 6.45) is 5.78. The van der Waals surface area contributed by atoms with E-state index in [-0.39, 0.29) is 0 Å². The molecule has 2 aromatic rings. The molecule has 0 heterocycles. The van der Waals surface area contributed by atoms with E-state index in [1.807, 2.05) is 54.6 Å². The van der Waals surface area contributed by atoms with Crippen LogP contribution in [0.15, 0.2) is 54.6 Å². The third-order valence-corrected chi connectivity index (χ3v) is 2.78. The lowest BCUT2D eigenvalue weighted by molar-refractivity contribution is 0.169. The minimum absolute atomic E-state index is 0.546. The molecule has 0 aliphatic heterocycles. The number of para-hydroxylation sites is 1. The van der Waals surface area contributed by atoms with E-state index in [4.69, 9.17) is 11.2 Å². The van der Waals surface area contributed by atoms with Crippen molar-refractivity contribution in [3.63, 3.8) is 0 Å². The highest BCUT2D eigenvalue weighted by molar-refractivity contribution is 5.34. The van der Waals surface area contributed by atoms with Crippen LogP contribution < -0.4 is 4.74 Å². The first-order valence-corrected chi connectivity index (χ1v) is 6.24. The lowest BCUT2D eigenvalue weighted by atomic mass is 10.1. The minimum atomic E-state index is -0.546. The van der Waals surface area contributed by atoms with E-state index in [2.05, 4.69) is 5.92 Å². The van der Waals surface area contributed by atoms with Gasteiger partial charge in [0.25, 0.3) is 0 Å². The highest BCUT2D eigenvalue weighted by Crippen LogP contribution is 2.26. The van der Waals surface area contributed by atoms with Crippen molar-refractivity contribution in [2.24, 2.45) is 0 Å². The first-order valence-electron chi connectivity index (χ1n) is 6.24. The van der Waals surface area contributed by atoms with E-state index in [0.29, 0.717) is 18.6 Å². The Labute approximate surface area is 113 Å². The van der Waals surface area contributed by atoms with Crippen LogP contribution in [0.25, 0.3) is 0 Å². The van der Waals surface area contributed by atoms with E-state index in [1.165, 1.54) is 0 Å². The van der Waals surface area contributed by atoms with Crippen LogP contribution in [0, 0.1) is 12.3 Å². The maximum atomic E-state index is 9.99. The molecule has 0 saturated carbocycles. The molecule has 2 rings (SSSR count). The highest BCUT2D eigenvalue weighted by Gasteiger charge is 2.07. The largest absolute Gasteiger partial charge is 0.457 e. The molecule has 0 saturated heterocycles. The maximum absolute atomic E-state index is 9.99. The molecule has 96 valence electrons. The Morgan fingerprint density at radius 3 is 2.53 bits per heavy atom. The Bertz CT molecular complexity index is 555. The van der Waals surface area contributed by atoms with Gasteiger partial charge in [-0.05, 0) is 36.2 Å². The Hall–Kier alpha value is -2.24. The van der Waals surface area contributed by atoms with Crippen molar-refractivity contribution in [1.29, 1.82) is 0 Å². The fraction of sp³-hybridized carbons (Fsp3) is 0.176. The summed E-state index contributed by atoms with van der Waals surface area (Å²) in [6.45, 7) is 0. The maximum Gasteiger partial charge on any atom is 0.127 e. The Morgan fingerprint density at radius 1 is 1.05 bits per heavy atom. The summed E-state index contributed by atoms with van der Waals surface area (Å²) in [4.78, 5) is 0. The molecule has 0 aliphatic carbocycles. The van der Waals surface area contributed by atoms with Gasteiger partial charge >= 0.3 is 0 Å². The van der Waals surface area contributed by atoms with Gasteiger partial charge in [0.2, 0.25) is 0 Å². The molecule has 0 radical (unpaired) electrons. The van der Waals surface area contributed by atoms with Crippen LogP contribution in [0.3, 0.4) is 0 Å². The number of ether oxygens (including phenoxy) is 1. The average Bonchev–Trinajstić information content (AvgIpc) is 2.46. The van der Waals surface area contributed by atoms with Gasteiger partial charge in [-0.25, -0.2) is 0 Å². The number of hydrogen-bond acceptors (Lipinski definition) is 2. The van der Waals surface area contributed by atoms with E-state index in [1.54, 1.807) is 0 Å². The molecule has 2 aromatic carbocycles. The van der Waals surface area contributed by atoms with Crippen LogP contribution in [-0.2, 0) is 0 Å². The fourth-order valence-corrected chi connectivity index (χ4v) is 1.80. The molecule has 0 fully saturated rings. The first kappa shape index (κ1) is 13.2. The molecule has 2 heteroatoms. The SMILES string of the molecule is C#CCCC(O)c1cccc(Oc2ccccc2)c1. The quantitative estimate of drug-likeness (QED) is 0.817. The molecule has 19 heavy (non-hydrogen) atoms. The zero-order chi connectivity index (χ0) is 13.5. The number of aliphatic hydroxyl groups is 1. The van der Waals surface area contributed by atoms with Crippen molar-refractivity contribution in [1.82, 2.24) is 0 Å². The molecule has 0 spiro atoms. The Kier molecular flexibility index (Phi) is 4.60. The van der Waals surface area contributed by atoms with Crippen LogP contribution >= 0.6 is 0 Å². The van der Waals surface area contributed by atoms with Crippen LogP contribution in [0.2, 0.25) is 0 Å².